The first-order valence-corrected chi connectivity index (χ1v) is 6.90. The Morgan fingerprint density at radius 3 is 2.39 bits per heavy atom. The van der Waals surface area contributed by atoms with Gasteiger partial charge in [-0.25, -0.2) is 4.79 Å². The van der Waals surface area contributed by atoms with Crippen LogP contribution < -0.4 is 4.90 Å². The van der Waals surface area contributed by atoms with Crippen molar-refractivity contribution in [1.82, 2.24) is 4.73 Å². The van der Waals surface area contributed by atoms with Crippen molar-refractivity contribution in [3.63, 3.8) is 0 Å². The van der Waals surface area contributed by atoms with Gasteiger partial charge in [-0.05, 0) is 30.3 Å². The summed E-state index contributed by atoms with van der Waals surface area (Å²) in [6, 6.07) is 15.2. The molecule has 2 N–H and O–H groups in total. The van der Waals surface area contributed by atoms with Crippen molar-refractivity contribution >= 4 is 28.5 Å². The van der Waals surface area contributed by atoms with Crippen molar-refractivity contribution in [2.75, 3.05) is 11.9 Å². The molecule has 6 heteroatoms. The highest BCUT2D eigenvalue weighted by molar-refractivity contribution is 6.08. The molecule has 0 fully saturated rings. The zero-order chi connectivity index (χ0) is 16.6. The second-order valence-electron chi connectivity index (χ2n) is 5.12. The minimum absolute atomic E-state index is 0.249. The minimum atomic E-state index is -1.24. The summed E-state index contributed by atoms with van der Waals surface area (Å²) in [5.41, 5.74) is 1.12. The lowest BCUT2D eigenvalue weighted by Crippen LogP contribution is -2.26. The van der Waals surface area contributed by atoms with Crippen LogP contribution in [0, 0.1) is 0 Å². The second kappa shape index (κ2) is 5.49. The van der Waals surface area contributed by atoms with Crippen LogP contribution >= 0.6 is 0 Å². The van der Waals surface area contributed by atoms with Gasteiger partial charge in [0.25, 0.3) is 5.91 Å². The van der Waals surface area contributed by atoms with E-state index in [-0.39, 0.29) is 17.1 Å². The number of carbonyl (C=O) groups is 2. The third-order valence-corrected chi connectivity index (χ3v) is 3.69. The van der Waals surface area contributed by atoms with Gasteiger partial charge >= 0.3 is 5.97 Å². The molecule has 0 unspecified atom stereocenters. The van der Waals surface area contributed by atoms with Crippen molar-refractivity contribution in [3.05, 3.63) is 65.9 Å². The third kappa shape index (κ3) is 2.50. The Morgan fingerprint density at radius 1 is 1.04 bits per heavy atom. The highest BCUT2D eigenvalue weighted by Gasteiger charge is 2.18. The molecule has 1 amide bonds. The van der Waals surface area contributed by atoms with Crippen LogP contribution in [0.25, 0.3) is 10.9 Å². The molecule has 2 aromatic carbocycles. The van der Waals surface area contributed by atoms with E-state index in [1.165, 1.54) is 17.0 Å². The molecule has 3 rings (SSSR count). The van der Waals surface area contributed by atoms with E-state index in [0.717, 1.165) is 5.69 Å². The first-order valence-electron chi connectivity index (χ1n) is 6.90. The third-order valence-electron chi connectivity index (χ3n) is 3.69. The SMILES string of the molecule is CN(C(=O)c1ccc2cc(C(=O)O)n(O)c2c1)c1ccccc1. The number of aromatic nitrogens is 1. The van der Waals surface area contributed by atoms with Crippen LogP contribution in [0.1, 0.15) is 20.8 Å². The van der Waals surface area contributed by atoms with E-state index in [4.69, 9.17) is 5.11 Å². The normalized spacial score (nSPS) is 10.7. The Labute approximate surface area is 131 Å². The summed E-state index contributed by atoms with van der Waals surface area (Å²) in [7, 11) is 1.66. The molecule has 116 valence electrons. The number of para-hydroxylation sites is 1. The molecule has 6 nitrogen and oxygen atoms in total. The molecule has 0 atom stereocenters. The van der Waals surface area contributed by atoms with E-state index in [1.54, 1.807) is 19.2 Å². The predicted molar refractivity (Wildman–Crippen MR) is 85.3 cm³/mol. The summed E-state index contributed by atoms with van der Waals surface area (Å²) in [4.78, 5) is 25.1. The summed E-state index contributed by atoms with van der Waals surface area (Å²) >= 11 is 0. The molecule has 0 aliphatic heterocycles. The van der Waals surface area contributed by atoms with E-state index in [9.17, 15) is 14.8 Å². The summed E-state index contributed by atoms with van der Waals surface area (Å²) < 4.78 is 0.580. The maximum Gasteiger partial charge on any atom is 0.356 e. The van der Waals surface area contributed by atoms with E-state index < -0.39 is 5.97 Å². The van der Waals surface area contributed by atoms with Crippen LogP contribution in [-0.4, -0.2) is 34.0 Å². The number of benzene rings is 2. The number of hydrogen-bond donors (Lipinski definition) is 2. The number of nitrogens with zero attached hydrogens (tertiary/aromatic N) is 2. The quantitative estimate of drug-likeness (QED) is 0.729. The number of rotatable bonds is 3. The van der Waals surface area contributed by atoms with Gasteiger partial charge in [0, 0.05) is 23.7 Å². The molecule has 23 heavy (non-hydrogen) atoms. The van der Waals surface area contributed by atoms with Gasteiger partial charge in [-0.1, -0.05) is 24.3 Å². The maximum absolute atomic E-state index is 12.6. The Balaban J connectivity index is 2.01. The van der Waals surface area contributed by atoms with Crippen molar-refractivity contribution in [2.45, 2.75) is 0 Å². The molecule has 0 radical (unpaired) electrons. The van der Waals surface area contributed by atoms with Crippen LogP contribution in [0.2, 0.25) is 0 Å². The second-order valence-corrected chi connectivity index (χ2v) is 5.12. The summed E-state index contributed by atoms with van der Waals surface area (Å²) in [6.07, 6.45) is 0. The first kappa shape index (κ1) is 14.6. The fourth-order valence-corrected chi connectivity index (χ4v) is 2.44. The number of fused-ring (bicyclic) bond motifs is 1. The zero-order valence-corrected chi connectivity index (χ0v) is 12.3. The van der Waals surface area contributed by atoms with Crippen LogP contribution in [0.4, 0.5) is 5.69 Å². The Kier molecular flexibility index (Phi) is 3.50. The lowest BCUT2D eigenvalue weighted by molar-refractivity contribution is 0.0649. The molecule has 0 saturated carbocycles. The summed E-state index contributed by atoms with van der Waals surface area (Å²) in [5.74, 6) is -1.49. The number of aromatic carboxylic acids is 1. The van der Waals surface area contributed by atoms with Gasteiger partial charge in [-0.2, -0.15) is 4.73 Å². The number of carboxylic acid groups (broad SMARTS) is 1. The van der Waals surface area contributed by atoms with E-state index in [0.29, 0.717) is 15.7 Å². The lowest BCUT2D eigenvalue weighted by atomic mass is 10.1. The van der Waals surface area contributed by atoms with Crippen molar-refractivity contribution in [2.24, 2.45) is 0 Å². The van der Waals surface area contributed by atoms with Gasteiger partial charge in [0.05, 0.1) is 5.52 Å². The molecular formula is C17H14N2O4. The minimum Gasteiger partial charge on any atom is -0.476 e. The Hall–Kier alpha value is -3.28. The number of hydrogen-bond acceptors (Lipinski definition) is 3. The number of carboxylic acids is 1. The molecule has 3 aromatic rings. The van der Waals surface area contributed by atoms with E-state index in [2.05, 4.69) is 0 Å². The van der Waals surface area contributed by atoms with Gasteiger partial charge in [0.2, 0.25) is 0 Å². The van der Waals surface area contributed by atoms with Crippen LogP contribution in [0.15, 0.2) is 54.6 Å². The lowest BCUT2D eigenvalue weighted by Gasteiger charge is -2.17. The monoisotopic (exact) mass is 310 g/mol. The Bertz CT molecular complexity index is 900. The molecule has 0 aliphatic carbocycles. The van der Waals surface area contributed by atoms with Crippen LogP contribution in [0.3, 0.4) is 0 Å². The first-order chi connectivity index (χ1) is 11.0. The number of carbonyl (C=O) groups excluding carboxylic acids is 1. The van der Waals surface area contributed by atoms with Gasteiger partial charge in [0.15, 0.2) is 5.69 Å². The van der Waals surface area contributed by atoms with Crippen LogP contribution in [0.5, 0.6) is 0 Å². The number of anilines is 1. The van der Waals surface area contributed by atoms with Gasteiger partial charge in [-0.15, -0.1) is 0 Å². The smallest absolute Gasteiger partial charge is 0.356 e. The van der Waals surface area contributed by atoms with Gasteiger partial charge in [0.1, 0.15) is 0 Å². The van der Waals surface area contributed by atoms with E-state index >= 15 is 0 Å². The summed E-state index contributed by atoms with van der Waals surface area (Å²) in [5, 5.41) is 19.5. The molecule has 1 heterocycles. The van der Waals surface area contributed by atoms with Crippen LogP contribution in [-0.2, 0) is 0 Å². The number of amides is 1. The highest BCUT2D eigenvalue weighted by atomic mass is 16.5. The predicted octanol–water partition coefficient (Wildman–Crippen LogP) is 2.85. The topological polar surface area (TPSA) is 82.8 Å². The average Bonchev–Trinajstić information content (AvgIpc) is 2.91. The Morgan fingerprint density at radius 2 is 1.74 bits per heavy atom. The molecule has 0 saturated heterocycles. The van der Waals surface area contributed by atoms with Crippen molar-refractivity contribution in [1.29, 1.82) is 0 Å². The fraction of sp³-hybridized carbons (Fsp3) is 0.0588. The molecular weight excluding hydrogens is 296 g/mol. The zero-order valence-electron chi connectivity index (χ0n) is 12.3. The van der Waals surface area contributed by atoms with E-state index in [1.807, 2.05) is 30.3 Å². The molecule has 1 aromatic heterocycles. The highest BCUT2D eigenvalue weighted by Crippen LogP contribution is 2.22. The fourth-order valence-electron chi connectivity index (χ4n) is 2.44. The average molecular weight is 310 g/mol. The molecule has 0 bridgehead atoms. The standard InChI is InChI=1S/C17H14N2O4/c1-18(13-5-3-2-4-6-13)16(20)12-8-7-11-9-15(17(21)22)19(23)14(11)10-12/h2-10,23H,1H3,(H,21,22). The maximum atomic E-state index is 12.6. The molecule has 0 spiro atoms. The summed E-state index contributed by atoms with van der Waals surface area (Å²) in [6.45, 7) is 0. The van der Waals surface area contributed by atoms with Crippen molar-refractivity contribution in [3.8, 4) is 0 Å². The van der Waals surface area contributed by atoms with Gasteiger partial charge in [-0.3, -0.25) is 4.79 Å². The largest absolute Gasteiger partial charge is 0.476 e. The van der Waals surface area contributed by atoms with Gasteiger partial charge < -0.3 is 15.2 Å². The molecule has 0 aliphatic rings. The van der Waals surface area contributed by atoms with Crippen molar-refractivity contribution < 1.29 is 19.9 Å².